The van der Waals surface area contributed by atoms with Crippen LogP contribution in [0.15, 0.2) is 54.6 Å². The molecule has 1 spiro atoms. The number of unbranched alkanes of at least 4 members (excludes halogenated alkanes) is 2. The number of fused-ring (bicyclic) bond motifs is 2. The molecule has 0 radical (unpaired) electrons. The van der Waals surface area contributed by atoms with E-state index in [-0.39, 0.29) is 30.4 Å². The first kappa shape index (κ1) is 27.6. The van der Waals surface area contributed by atoms with Crippen molar-refractivity contribution in [2.45, 2.75) is 76.3 Å². The topological polar surface area (TPSA) is 90.4 Å². The monoisotopic (exact) mass is 535 g/mol. The second-order valence-electron chi connectivity index (χ2n) is 11.5. The summed E-state index contributed by atoms with van der Waals surface area (Å²) in [5.41, 5.74) is -1.16. The molecule has 39 heavy (non-hydrogen) atoms. The molecule has 1 unspecified atom stereocenters. The summed E-state index contributed by atoms with van der Waals surface area (Å²) in [7, 11) is 0. The molecule has 2 fully saturated rings. The van der Waals surface area contributed by atoms with Gasteiger partial charge in [0.05, 0.1) is 17.4 Å². The zero-order valence-corrected chi connectivity index (χ0v) is 23.3. The molecule has 8 nitrogen and oxygen atoms in total. The van der Waals surface area contributed by atoms with Gasteiger partial charge in [-0.15, -0.1) is 0 Å². The highest BCUT2D eigenvalue weighted by atomic mass is 16.5. The van der Waals surface area contributed by atoms with Crippen molar-refractivity contribution in [3.8, 4) is 0 Å². The third kappa shape index (κ3) is 4.51. The number of ether oxygens (including phenoxy) is 1. The standard InChI is InChI=1S/C31H41N3O5/c1-4-30-15-11-17-32(21-23-13-7-5-8-14-23)27(36)24(30)25-28(37)34(18-9-6-10-20-35)26-29(38)33(22(2)3)19-12-16-31(25,26)39-30/h5,7-8,11-16,22,24-26,35H,4,6,9-10,17-21H2,1-3H3/t24-,25+,26?,30+,31+/m1/s1. The fourth-order valence-corrected chi connectivity index (χ4v) is 7.05. The van der Waals surface area contributed by atoms with Gasteiger partial charge in [-0.05, 0) is 45.1 Å². The van der Waals surface area contributed by atoms with Crippen LogP contribution in [0.1, 0.15) is 52.0 Å². The Hall–Kier alpha value is -2.97. The van der Waals surface area contributed by atoms with Crippen molar-refractivity contribution in [1.82, 2.24) is 14.7 Å². The fourth-order valence-electron chi connectivity index (χ4n) is 7.05. The van der Waals surface area contributed by atoms with E-state index in [0.29, 0.717) is 45.4 Å². The molecule has 0 aromatic heterocycles. The average Bonchev–Trinajstić information content (AvgIpc) is 3.21. The minimum Gasteiger partial charge on any atom is -0.396 e. The first-order valence-corrected chi connectivity index (χ1v) is 14.4. The van der Waals surface area contributed by atoms with Crippen molar-refractivity contribution in [3.63, 3.8) is 0 Å². The van der Waals surface area contributed by atoms with Gasteiger partial charge in [-0.2, -0.15) is 0 Å². The van der Waals surface area contributed by atoms with E-state index >= 15 is 0 Å². The molecule has 1 N–H and O–H groups in total. The highest BCUT2D eigenvalue weighted by molar-refractivity contribution is 6.00. The van der Waals surface area contributed by atoms with E-state index in [1.165, 1.54) is 0 Å². The number of hydrogen-bond acceptors (Lipinski definition) is 5. The molecule has 1 aromatic rings. The third-order valence-electron chi connectivity index (χ3n) is 8.95. The van der Waals surface area contributed by atoms with Crippen LogP contribution in [0, 0.1) is 11.8 Å². The highest BCUT2D eigenvalue weighted by Gasteiger charge is 2.75. The zero-order chi connectivity index (χ0) is 27.8. The minimum absolute atomic E-state index is 0.0439. The van der Waals surface area contributed by atoms with E-state index in [9.17, 15) is 19.5 Å². The van der Waals surface area contributed by atoms with Crippen molar-refractivity contribution < 1.29 is 24.2 Å². The summed E-state index contributed by atoms with van der Waals surface area (Å²) in [4.78, 5) is 48.2. The lowest BCUT2D eigenvalue weighted by atomic mass is 9.73. The minimum atomic E-state index is -1.22. The molecule has 3 amide bonds. The van der Waals surface area contributed by atoms with Crippen molar-refractivity contribution in [3.05, 3.63) is 60.2 Å². The predicted octanol–water partition coefficient (Wildman–Crippen LogP) is 2.92. The lowest BCUT2D eigenvalue weighted by Gasteiger charge is -2.39. The highest BCUT2D eigenvalue weighted by Crippen LogP contribution is 2.58. The molecule has 1 aromatic carbocycles. The summed E-state index contributed by atoms with van der Waals surface area (Å²) < 4.78 is 7.00. The maximum absolute atomic E-state index is 14.4. The molecule has 4 aliphatic rings. The first-order valence-electron chi connectivity index (χ1n) is 14.4. The Morgan fingerprint density at radius 3 is 2.38 bits per heavy atom. The van der Waals surface area contributed by atoms with E-state index in [4.69, 9.17) is 4.74 Å². The van der Waals surface area contributed by atoms with Crippen LogP contribution in [0.5, 0.6) is 0 Å². The van der Waals surface area contributed by atoms with E-state index in [1.807, 2.05) is 80.3 Å². The van der Waals surface area contributed by atoms with Gasteiger partial charge in [-0.25, -0.2) is 0 Å². The van der Waals surface area contributed by atoms with Crippen LogP contribution in [-0.4, -0.2) is 87.1 Å². The molecule has 210 valence electrons. The van der Waals surface area contributed by atoms with Crippen molar-refractivity contribution in [1.29, 1.82) is 0 Å². The van der Waals surface area contributed by atoms with E-state index in [1.54, 1.807) is 9.80 Å². The maximum Gasteiger partial charge on any atom is 0.249 e. The molecule has 4 heterocycles. The number of aliphatic hydroxyl groups excluding tert-OH is 1. The first-order chi connectivity index (χ1) is 18.8. The van der Waals surface area contributed by atoms with Crippen LogP contribution in [0.3, 0.4) is 0 Å². The Balaban J connectivity index is 1.57. The Labute approximate surface area is 231 Å². The number of hydrogen-bond donors (Lipinski definition) is 1. The van der Waals surface area contributed by atoms with Gasteiger partial charge in [0.25, 0.3) is 0 Å². The van der Waals surface area contributed by atoms with Gasteiger partial charge in [0.1, 0.15) is 11.6 Å². The van der Waals surface area contributed by atoms with Crippen LogP contribution in [0.25, 0.3) is 0 Å². The maximum atomic E-state index is 14.4. The number of likely N-dealkylation sites (tertiary alicyclic amines) is 1. The van der Waals surface area contributed by atoms with E-state index in [0.717, 1.165) is 12.0 Å². The summed E-state index contributed by atoms with van der Waals surface area (Å²) in [6.07, 6.45) is 10.4. The van der Waals surface area contributed by atoms with Gasteiger partial charge in [-0.1, -0.05) is 61.6 Å². The van der Waals surface area contributed by atoms with Gasteiger partial charge in [0, 0.05) is 38.8 Å². The normalized spacial score (nSPS) is 32.0. The number of benzene rings is 1. The van der Waals surface area contributed by atoms with Crippen LogP contribution in [0.2, 0.25) is 0 Å². The van der Waals surface area contributed by atoms with Gasteiger partial charge >= 0.3 is 0 Å². The summed E-state index contributed by atoms with van der Waals surface area (Å²) >= 11 is 0. The number of carbonyl (C=O) groups excluding carboxylic acids is 3. The van der Waals surface area contributed by atoms with Crippen LogP contribution in [-0.2, 0) is 25.7 Å². The Bertz CT molecular complexity index is 1150. The summed E-state index contributed by atoms with van der Waals surface area (Å²) in [6, 6.07) is 8.99. The number of rotatable bonds is 9. The second-order valence-corrected chi connectivity index (χ2v) is 11.5. The SMILES string of the molecule is CC[C@]12C=CCN(Cc3ccccc3)C(=O)[C@H]1[C@H]1C(=O)N(CCCCCO)C3C(=O)N(C(C)C)CC=C[C@@]31O2. The van der Waals surface area contributed by atoms with Crippen LogP contribution in [0.4, 0.5) is 0 Å². The molecule has 0 saturated carbocycles. The Morgan fingerprint density at radius 1 is 0.949 bits per heavy atom. The van der Waals surface area contributed by atoms with Crippen molar-refractivity contribution in [2.75, 3.05) is 26.2 Å². The molecule has 0 aliphatic carbocycles. The number of carbonyl (C=O) groups is 3. The predicted molar refractivity (Wildman–Crippen MR) is 147 cm³/mol. The molecular formula is C31H41N3O5. The molecular weight excluding hydrogens is 494 g/mol. The molecule has 4 aliphatic heterocycles. The molecule has 0 bridgehead atoms. The quantitative estimate of drug-likeness (QED) is 0.388. The smallest absolute Gasteiger partial charge is 0.249 e. The Kier molecular flexibility index (Phi) is 7.71. The van der Waals surface area contributed by atoms with Crippen molar-refractivity contribution >= 4 is 17.7 Å². The van der Waals surface area contributed by atoms with E-state index < -0.39 is 29.1 Å². The Morgan fingerprint density at radius 2 is 1.69 bits per heavy atom. The number of aliphatic hydroxyl groups is 1. The van der Waals surface area contributed by atoms with Gasteiger partial charge < -0.3 is 24.5 Å². The summed E-state index contributed by atoms with van der Waals surface area (Å²) in [5.74, 6) is -1.94. The number of nitrogens with zero attached hydrogens (tertiary/aromatic N) is 3. The van der Waals surface area contributed by atoms with Crippen LogP contribution < -0.4 is 0 Å². The molecule has 5 rings (SSSR count). The molecule has 5 atom stereocenters. The van der Waals surface area contributed by atoms with Gasteiger partial charge in [0.15, 0.2) is 0 Å². The van der Waals surface area contributed by atoms with Crippen molar-refractivity contribution in [2.24, 2.45) is 11.8 Å². The second kappa shape index (κ2) is 10.9. The molecule has 2 saturated heterocycles. The summed E-state index contributed by atoms with van der Waals surface area (Å²) in [5, 5.41) is 9.26. The van der Waals surface area contributed by atoms with Crippen LogP contribution >= 0.6 is 0 Å². The van der Waals surface area contributed by atoms with E-state index in [2.05, 4.69) is 0 Å². The lowest BCUT2D eigenvalue weighted by Crippen LogP contribution is -2.57. The largest absolute Gasteiger partial charge is 0.396 e. The van der Waals surface area contributed by atoms with Gasteiger partial charge in [-0.3, -0.25) is 14.4 Å². The summed E-state index contributed by atoms with van der Waals surface area (Å²) in [6.45, 7) is 7.74. The lowest BCUT2D eigenvalue weighted by molar-refractivity contribution is -0.155. The van der Waals surface area contributed by atoms with Gasteiger partial charge in [0.2, 0.25) is 17.7 Å². The third-order valence-corrected chi connectivity index (χ3v) is 8.95. The molecule has 8 heteroatoms. The zero-order valence-electron chi connectivity index (χ0n) is 23.3. The average molecular weight is 536 g/mol. The number of amides is 3. The fraction of sp³-hybridized carbons (Fsp3) is 0.581.